The molecule has 0 radical (unpaired) electrons. The number of aldehydes is 1. The van der Waals surface area contributed by atoms with Crippen LogP contribution >= 0.6 is 15.9 Å². The van der Waals surface area contributed by atoms with Gasteiger partial charge in [0.05, 0.1) is 0 Å². The zero-order chi connectivity index (χ0) is 13.7. The summed E-state index contributed by atoms with van der Waals surface area (Å²) in [6.45, 7) is 0. The Morgan fingerprint density at radius 1 is 0.947 bits per heavy atom. The van der Waals surface area contributed by atoms with Crippen molar-refractivity contribution in [2.45, 2.75) is 12.8 Å². The SMILES string of the molecule is O=CCCc1ccc(C(=O)c2ccc(Br)cc2)cc1. The maximum atomic E-state index is 12.2. The molecule has 0 aromatic heterocycles. The number of aryl methyl sites for hydroxylation is 1. The number of ketones is 1. The molecule has 0 atom stereocenters. The van der Waals surface area contributed by atoms with Crippen LogP contribution in [0.5, 0.6) is 0 Å². The molecule has 0 aliphatic carbocycles. The molecule has 2 rings (SSSR count). The highest BCUT2D eigenvalue weighted by atomic mass is 79.9. The van der Waals surface area contributed by atoms with E-state index < -0.39 is 0 Å². The summed E-state index contributed by atoms with van der Waals surface area (Å²) >= 11 is 3.34. The molecule has 0 fully saturated rings. The summed E-state index contributed by atoms with van der Waals surface area (Å²) in [6.07, 6.45) is 2.14. The van der Waals surface area contributed by atoms with Crippen LogP contribution in [0.15, 0.2) is 53.0 Å². The van der Waals surface area contributed by atoms with Crippen LogP contribution in [0.2, 0.25) is 0 Å². The zero-order valence-electron chi connectivity index (χ0n) is 10.3. The predicted molar refractivity (Wildman–Crippen MR) is 78.4 cm³/mol. The van der Waals surface area contributed by atoms with Gasteiger partial charge in [0, 0.05) is 22.0 Å². The fourth-order valence-corrected chi connectivity index (χ4v) is 2.08. The lowest BCUT2D eigenvalue weighted by Crippen LogP contribution is -2.01. The van der Waals surface area contributed by atoms with Crippen molar-refractivity contribution in [2.75, 3.05) is 0 Å². The normalized spacial score (nSPS) is 10.2. The lowest BCUT2D eigenvalue weighted by atomic mass is 10.0. The first-order chi connectivity index (χ1) is 9.20. The van der Waals surface area contributed by atoms with Crippen molar-refractivity contribution in [3.63, 3.8) is 0 Å². The number of halogens is 1. The number of benzene rings is 2. The standard InChI is InChI=1S/C16H13BrO2/c17-15-9-7-14(8-10-15)16(19)13-5-3-12(4-6-13)2-1-11-18/h3-11H,1-2H2. The topological polar surface area (TPSA) is 34.1 Å². The minimum atomic E-state index is 0.00874. The van der Waals surface area contributed by atoms with Crippen LogP contribution in [0, 0.1) is 0 Å². The van der Waals surface area contributed by atoms with Gasteiger partial charge < -0.3 is 4.79 Å². The molecule has 0 saturated carbocycles. The Hall–Kier alpha value is -1.74. The summed E-state index contributed by atoms with van der Waals surface area (Å²) in [5, 5.41) is 0. The number of carbonyl (C=O) groups is 2. The highest BCUT2D eigenvalue weighted by Gasteiger charge is 2.08. The van der Waals surface area contributed by atoms with E-state index in [4.69, 9.17) is 0 Å². The van der Waals surface area contributed by atoms with Crippen molar-refractivity contribution >= 4 is 28.0 Å². The van der Waals surface area contributed by atoms with Gasteiger partial charge in [-0.05, 0) is 36.2 Å². The van der Waals surface area contributed by atoms with Crippen molar-refractivity contribution in [2.24, 2.45) is 0 Å². The smallest absolute Gasteiger partial charge is 0.193 e. The van der Waals surface area contributed by atoms with Crippen molar-refractivity contribution < 1.29 is 9.59 Å². The van der Waals surface area contributed by atoms with Crippen LogP contribution in [-0.2, 0) is 11.2 Å². The number of carbonyl (C=O) groups excluding carboxylic acids is 2. The monoisotopic (exact) mass is 316 g/mol. The third kappa shape index (κ3) is 3.61. The second kappa shape index (κ2) is 6.43. The van der Waals surface area contributed by atoms with Crippen LogP contribution in [0.1, 0.15) is 27.9 Å². The van der Waals surface area contributed by atoms with E-state index in [2.05, 4.69) is 15.9 Å². The molecule has 2 nitrogen and oxygen atoms in total. The first-order valence-electron chi connectivity index (χ1n) is 6.03. The Morgan fingerprint density at radius 3 is 2.00 bits per heavy atom. The van der Waals surface area contributed by atoms with Crippen molar-refractivity contribution in [3.05, 3.63) is 69.7 Å². The van der Waals surface area contributed by atoms with E-state index in [1.165, 1.54) is 0 Å². The van der Waals surface area contributed by atoms with E-state index in [1.54, 1.807) is 12.1 Å². The van der Waals surface area contributed by atoms with E-state index >= 15 is 0 Å². The third-order valence-electron chi connectivity index (χ3n) is 2.87. The largest absolute Gasteiger partial charge is 0.303 e. The first-order valence-corrected chi connectivity index (χ1v) is 6.83. The zero-order valence-corrected chi connectivity index (χ0v) is 11.9. The molecule has 0 bridgehead atoms. The summed E-state index contributed by atoms with van der Waals surface area (Å²) in [5.74, 6) is 0.00874. The quantitative estimate of drug-likeness (QED) is 0.621. The molecule has 0 aliphatic rings. The van der Waals surface area contributed by atoms with E-state index in [-0.39, 0.29) is 5.78 Å². The molecule has 2 aromatic carbocycles. The van der Waals surface area contributed by atoms with Gasteiger partial charge in [0.2, 0.25) is 0 Å². The van der Waals surface area contributed by atoms with Crippen molar-refractivity contribution in [1.82, 2.24) is 0 Å². The molecule has 0 heterocycles. The van der Waals surface area contributed by atoms with Gasteiger partial charge in [-0.2, -0.15) is 0 Å². The number of rotatable bonds is 5. The van der Waals surface area contributed by atoms with Gasteiger partial charge in [-0.25, -0.2) is 0 Å². The average molecular weight is 317 g/mol. The van der Waals surface area contributed by atoms with Crippen LogP contribution < -0.4 is 0 Å². The molecule has 96 valence electrons. The maximum Gasteiger partial charge on any atom is 0.193 e. The number of hydrogen-bond donors (Lipinski definition) is 0. The summed E-state index contributed by atoms with van der Waals surface area (Å²) in [5.41, 5.74) is 2.40. The molecule has 0 N–H and O–H groups in total. The third-order valence-corrected chi connectivity index (χ3v) is 3.40. The minimum Gasteiger partial charge on any atom is -0.303 e. The lowest BCUT2D eigenvalue weighted by molar-refractivity contribution is -0.107. The Labute approximate surface area is 120 Å². The highest BCUT2D eigenvalue weighted by Crippen LogP contribution is 2.15. The molecule has 0 spiro atoms. The van der Waals surface area contributed by atoms with E-state index in [1.807, 2.05) is 36.4 Å². The molecular weight excluding hydrogens is 304 g/mol. The van der Waals surface area contributed by atoms with Crippen LogP contribution in [-0.4, -0.2) is 12.1 Å². The van der Waals surface area contributed by atoms with Gasteiger partial charge >= 0.3 is 0 Å². The van der Waals surface area contributed by atoms with E-state index in [0.29, 0.717) is 17.5 Å². The molecule has 2 aromatic rings. The summed E-state index contributed by atoms with van der Waals surface area (Å²) < 4.78 is 0.952. The van der Waals surface area contributed by atoms with Gasteiger partial charge in [0.1, 0.15) is 6.29 Å². The van der Waals surface area contributed by atoms with Crippen molar-refractivity contribution in [1.29, 1.82) is 0 Å². The molecule has 0 saturated heterocycles. The molecule has 0 amide bonds. The second-order valence-electron chi connectivity index (χ2n) is 4.24. The molecule has 0 aliphatic heterocycles. The molecule has 3 heteroatoms. The Balaban J connectivity index is 2.15. The van der Waals surface area contributed by atoms with Gasteiger partial charge in [0.15, 0.2) is 5.78 Å². The summed E-state index contributed by atoms with van der Waals surface area (Å²) in [6, 6.07) is 14.7. The van der Waals surface area contributed by atoms with Gasteiger partial charge in [-0.15, -0.1) is 0 Å². The van der Waals surface area contributed by atoms with Crippen LogP contribution in [0.3, 0.4) is 0 Å². The minimum absolute atomic E-state index is 0.00874. The van der Waals surface area contributed by atoms with Gasteiger partial charge in [0.25, 0.3) is 0 Å². The Bertz CT molecular complexity index is 571. The molecule has 0 unspecified atom stereocenters. The van der Waals surface area contributed by atoms with E-state index in [0.717, 1.165) is 22.7 Å². The second-order valence-corrected chi connectivity index (χ2v) is 5.15. The number of hydrogen-bond acceptors (Lipinski definition) is 2. The lowest BCUT2D eigenvalue weighted by Gasteiger charge is -2.03. The van der Waals surface area contributed by atoms with Crippen LogP contribution in [0.25, 0.3) is 0 Å². The van der Waals surface area contributed by atoms with Gasteiger partial charge in [-0.1, -0.05) is 40.2 Å². The fraction of sp³-hybridized carbons (Fsp3) is 0.125. The summed E-state index contributed by atoms with van der Waals surface area (Å²) in [7, 11) is 0. The maximum absolute atomic E-state index is 12.2. The Morgan fingerprint density at radius 2 is 1.47 bits per heavy atom. The highest BCUT2D eigenvalue weighted by molar-refractivity contribution is 9.10. The van der Waals surface area contributed by atoms with E-state index in [9.17, 15) is 9.59 Å². The van der Waals surface area contributed by atoms with Gasteiger partial charge in [-0.3, -0.25) is 4.79 Å². The first kappa shape index (κ1) is 13.7. The average Bonchev–Trinajstić information content (AvgIpc) is 2.46. The van der Waals surface area contributed by atoms with Crippen LogP contribution in [0.4, 0.5) is 0 Å². The Kier molecular flexibility index (Phi) is 4.63. The fourth-order valence-electron chi connectivity index (χ4n) is 1.82. The predicted octanol–water partition coefficient (Wildman–Crippen LogP) is 3.81. The van der Waals surface area contributed by atoms with Crippen molar-refractivity contribution in [3.8, 4) is 0 Å². The molecule has 19 heavy (non-hydrogen) atoms. The summed E-state index contributed by atoms with van der Waals surface area (Å²) in [4.78, 5) is 22.5. The molecular formula is C16H13BrO2.